The number of carboxylic acid groups (broad SMARTS) is 1. The van der Waals surface area contributed by atoms with Crippen molar-refractivity contribution in [2.45, 2.75) is 30.7 Å². The molecule has 1 aromatic carbocycles. The summed E-state index contributed by atoms with van der Waals surface area (Å²) in [7, 11) is -2.74. The van der Waals surface area contributed by atoms with Crippen LogP contribution in [-0.2, 0) is 14.8 Å². The van der Waals surface area contributed by atoms with Crippen molar-refractivity contribution in [1.29, 1.82) is 0 Å². The molecular formula is C12H16ClNO5S. The summed E-state index contributed by atoms with van der Waals surface area (Å²) >= 11 is 5.77. The molecule has 0 saturated carbocycles. The van der Waals surface area contributed by atoms with E-state index in [1.807, 2.05) is 0 Å². The lowest BCUT2D eigenvalue weighted by Gasteiger charge is -2.24. The van der Waals surface area contributed by atoms with Gasteiger partial charge in [0, 0.05) is 11.1 Å². The summed E-state index contributed by atoms with van der Waals surface area (Å²) in [5.41, 5.74) is -1.59. The van der Waals surface area contributed by atoms with E-state index in [-0.39, 0.29) is 17.1 Å². The van der Waals surface area contributed by atoms with Gasteiger partial charge in [0.2, 0.25) is 10.0 Å². The van der Waals surface area contributed by atoms with Gasteiger partial charge in [-0.25, -0.2) is 8.42 Å². The van der Waals surface area contributed by atoms with Gasteiger partial charge in [0.05, 0.1) is 7.11 Å². The number of carboxylic acids is 1. The number of benzene rings is 1. The first-order valence-electron chi connectivity index (χ1n) is 5.77. The number of nitrogens with one attached hydrogen (secondary N) is 1. The summed E-state index contributed by atoms with van der Waals surface area (Å²) in [6.45, 7) is 2.88. The minimum absolute atomic E-state index is 0.0499. The number of ether oxygens (including phenoxy) is 1. The Morgan fingerprint density at radius 1 is 1.50 bits per heavy atom. The maximum absolute atomic E-state index is 12.3. The smallest absolute Gasteiger partial charge is 0.324 e. The van der Waals surface area contributed by atoms with E-state index in [4.69, 9.17) is 21.4 Å². The molecule has 1 rings (SSSR count). The van der Waals surface area contributed by atoms with Crippen molar-refractivity contribution in [2.75, 3.05) is 7.11 Å². The molecule has 0 bridgehead atoms. The first-order chi connectivity index (χ1) is 9.16. The van der Waals surface area contributed by atoms with Crippen molar-refractivity contribution >= 4 is 27.6 Å². The summed E-state index contributed by atoms with van der Waals surface area (Å²) in [5.74, 6) is -1.20. The minimum atomic E-state index is -4.05. The number of methoxy groups -OCH3 is 1. The van der Waals surface area contributed by atoms with Gasteiger partial charge in [-0.3, -0.25) is 4.79 Å². The third-order valence-corrected chi connectivity index (χ3v) is 4.82. The molecular weight excluding hydrogens is 306 g/mol. The Morgan fingerprint density at radius 2 is 2.10 bits per heavy atom. The molecule has 1 aromatic rings. The lowest BCUT2D eigenvalue weighted by Crippen LogP contribution is -2.51. The number of hydrogen-bond acceptors (Lipinski definition) is 4. The molecule has 0 radical (unpaired) electrons. The Bertz CT molecular complexity index is 616. The van der Waals surface area contributed by atoms with Crippen LogP contribution in [0, 0.1) is 0 Å². The maximum Gasteiger partial charge on any atom is 0.324 e. The van der Waals surface area contributed by atoms with Crippen LogP contribution in [0.4, 0.5) is 0 Å². The topological polar surface area (TPSA) is 92.7 Å². The normalized spacial score (nSPS) is 14.6. The molecule has 20 heavy (non-hydrogen) atoms. The standard InChI is InChI=1S/C12H16ClNO5S/c1-4-12(2,11(15)16)14-20(17,18)10-6-5-8(13)7-9(10)19-3/h5-7,14H,4H2,1-3H3,(H,15,16). The molecule has 1 unspecified atom stereocenters. The van der Waals surface area contributed by atoms with Gasteiger partial charge >= 0.3 is 5.97 Å². The van der Waals surface area contributed by atoms with E-state index in [1.54, 1.807) is 6.92 Å². The van der Waals surface area contributed by atoms with Crippen molar-refractivity contribution in [3.8, 4) is 5.75 Å². The Hall–Kier alpha value is -1.31. The zero-order valence-electron chi connectivity index (χ0n) is 11.3. The van der Waals surface area contributed by atoms with E-state index in [1.165, 1.54) is 32.2 Å². The number of sulfonamides is 1. The second kappa shape index (κ2) is 5.99. The maximum atomic E-state index is 12.3. The highest BCUT2D eigenvalue weighted by Crippen LogP contribution is 2.28. The number of halogens is 1. The first-order valence-corrected chi connectivity index (χ1v) is 7.63. The number of rotatable bonds is 6. The van der Waals surface area contributed by atoms with Crippen LogP contribution in [-0.4, -0.2) is 32.1 Å². The quantitative estimate of drug-likeness (QED) is 0.834. The molecule has 0 amide bonds. The summed E-state index contributed by atoms with van der Waals surface area (Å²) < 4.78 is 31.8. The van der Waals surface area contributed by atoms with Gasteiger partial charge in [-0.2, -0.15) is 4.72 Å². The zero-order valence-corrected chi connectivity index (χ0v) is 12.9. The predicted octanol–water partition coefficient (Wildman–Crippen LogP) is 1.88. The summed E-state index contributed by atoms with van der Waals surface area (Å²) in [6, 6.07) is 4.00. The van der Waals surface area contributed by atoms with Crippen molar-refractivity contribution in [3.63, 3.8) is 0 Å². The van der Waals surface area contributed by atoms with E-state index in [0.717, 1.165) is 0 Å². The Morgan fingerprint density at radius 3 is 2.55 bits per heavy atom. The van der Waals surface area contributed by atoms with Crippen LogP contribution >= 0.6 is 11.6 Å². The van der Waals surface area contributed by atoms with Gasteiger partial charge in [0.25, 0.3) is 0 Å². The second-order valence-corrected chi connectivity index (χ2v) is 6.48. The highest BCUT2D eigenvalue weighted by Gasteiger charge is 2.37. The molecule has 0 saturated heterocycles. The number of carbonyl (C=O) groups is 1. The fourth-order valence-electron chi connectivity index (χ4n) is 1.48. The monoisotopic (exact) mass is 321 g/mol. The van der Waals surface area contributed by atoms with E-state index in [9.17, 15) is 13.2 Å². The van der Waals surface area contributed by atoms with Gasteiger partial charge in [-0.15, -0.1) is 0 Å². The second-order valence-electron chi connectivity index (χ2n) is 4.39. The van der Waals surface area contributed by atoms with Gasteiger partial charge in [0.1, 0.15) is 16.2 Å². The van der Waals surface area contributed by atoms with E-state index in [2.05, 4.69) is 4.72 Å². The van der Waals surface area contributed by atoms with Crippen molar-refractivity contribution < 1.29 is 23.1 Å². The van der Waals surface area contributed by atoms with E-state index < -0.39 is 21.5 Å². The van der Waals surface area contributed by atoms with Gasteiger partial charge in [0.15, 0.2) is 0 Å². The van der Waals surface area contributed by atoms with E-state index in [0.29, 0.717) is 5.02 Å². The lowest BCUT2D eigenvalue weighted by molar-refractivity contribution is -0.143. The van der Waals surface area contributed by atoms with Crippen molar-refractivity contribution in [2.24, 2.45) is 0 Å². The third kappa shape index (κ3) is 3.41. The molecule has 6 nitrogen and oxygen atoms in total. The molecule has 0 aliphatic carbocycles. The minimum Gasteiger partial charge on any atom is -0.495 e. The molecule has 0 heterocycles. The fourth-order valence-corrected chi connectivity index (χ4v) is 3.23. The molecule has 0 aliphatic heterocycles. The van der Waals surface area contributed by atoms with Crippen molar-refractivity contribution in [3.05, 3.63) is 23.2 Å². The van der Waals surface area contributed by atoms with Crippen LogP contribution in [0.3, 0.4) is 0 Å². The van der Waals surface area contributed by atoms with Gasteiger partial charge < -0.3 is 9.84 Å². The Balaban J connectivity index is 3.28. The molecule has 0 spiro atoms. The van der Waals surface area contributed by atoms with Gasteiger partial charge in [-0.1, -0.05) is 18.5 Å². The number of hydrogen-bond donors (Lipinski definition) is 2. The Kier molecular flexibility index (Phi) is 5.01. The molecule has 8 heteroatoms. The van der Waals surface area contributed by atoms with Crippen LogP contribution in [0.25, 0.3) is 0 Å². The largest absolute Gasteiger partial charge is 0.495 e. The molecule has 0 fully saturated rings. The summed E-state index contributed by atoms with van der Waals surface area (Å²) in [6.07, 6.45) is 0.0947. The molecule has 2 N–H and O–H groups in total. The van der Waals surface area contributed by atoms with Gasteiger partial charge in [-0.05, 0) is 25.5 Å². The van der Waals surface area contributed by atoms with Crippen LogP contribution in [0.5, 0.6) is 5.75 Å². The summed E-state index contributed by atoms with van der Waals surface area (Å²) in [5, 5.41) is 9.45. The lowest BCUT2D eigenvalue weighted by atomic mass is 10.0. The fraction of sp³-hybridized carbons (Fsp3) is 0.417. The zero-order chi connectivity index (χ0) is 15.6. The van der Waals surface area contributed by atoms with Crippen molar-refractivity contribution in [1.82, 2.24) is 4.72 Å². The summed E-state index contributed by atoms with van der Waals surface area (Å²) in [4.78, 5) is 11.0. The van der Waals surface area contributed by atoms with Crippen LogP contribution in [0.1, 0.15) is 20.3 Å². The predicted molar refractivity (Wildman–Crippen MR) is 74.7 cm³/mol. The van der Waals surface area contributed by atoms with Crippen LogP contribution in [0.15, 0.2) is 23.1 Å². The molecule has 112 valence electrons. The SMILES string of the molecule is CCC(C)(NS(=O)(=O)c1ccc(Cl)cc1OC)C(=O)O. The highest BCUT2D eigenvalue weighted by atomic mass is 35.5. The molecule has 0 aromatic heterocycles. The highest BCUT2D eigenvalue weighted by molar-refractivity contribution is 7.89. The average Bonchev–Trinajstić information content (AvgIpc) is 2.37. The van der Waals surface area contributed by atoms with Crippen LogP contribution in [0.2, 0.25) is 5.02 Å². The first kappa shape index (κ1) is 16.7. The molecule has 0 aliphatic rings. The Labute approximate surface area is 122 Å². The number of aliphatic carboxylic acids is 1. The molecule has 1 atom stereocenters. The van der Waals surface area contributed by atoms with E-state index >= 15 is 0 Å². The average molecular weight is 322 g/mol. The van der Waals surface area contributed by atoms with Crippen LogP contribution < -0.4 is 9.46 Å². The third-order valence-electron chi connectivity index (χ3n) is 2.95.